The van der Waals surface area contributed by atoms with Gasteiger partial charge in [0.05, 0.1) is 18.9 Å². The Hall–Kier alpha value is -3.95. The molecule has 0 aliphatic rings. The van der Waals surface area contributed by atoms with Gasteiger partial charge in [0.15, 0.2) is 5.96 Å². The molecular weight excluding hydrogens is 480 g/mol. The molecule has 0 aromatic heterocycles. The zero-order chi connectivity index (χ0) is 28.0. The van der Waals surface area contributed by atoms with Crippen LogP contribution in [0.2, 0.25) is 0 Å². The molecule has 0 heterocycles. The van der Waals surface area contributed by atoms with Gasteiger partial charge in [-0.15, -0.1) is 0 Å². The quantitative estimate of drug-likeness (QED) is 0.0514. The minimum absolute atomic E-state index is 0.0745. The Morgan fingerprint density at radius 2 is 1.44 bits per heavy atom. The largest absolute Gasteiger partial charge is 0.481 e. The number of guanidine groups is 1. The molecule has 0 fully saturated rings. The van der Waals surface area contributed by atoms with Gasteiger partial charge in [-0.3, -0.25) is 29.0 Å². The number of nitrogens with two attached hydrogens (primary N) is 4. The van der Waals surface area contributed by atoms with Crippen LogP contribution in [0.1, 0.15) is 46.0 Å². The van der Waals surface area contributed by atoms with Crippen LogP contribution in [-0.2, 0) is 28.8 Å². The number of hydrogen-bond donors (Lipinski definition) is 9. The van der Waals surface area contributed by atoms with Crippen molar-refractivity contribution in [2.75, 3.05) is 6.54 Å². The number of carboxylic acid groups (broad SMARTS) is 2. The van der Waals surface area contributed by atoms with Gasteiger partial charge in [0.2, 0.25) is 23.6 Å². The number of carbonyl (C=O) groups is 6. The molecule has 5 unspecified atom stereocenters. The highest BCUT2D eigenvalue weighted by Crippen LogP contribution is 2.10. The van der Waals surface area contributed by atoms with Crippen LogP contribution in [-0.4, -0.2) is 82.5 Å². The van der Waals surface area contributed by atoms with Gasteiger partial charge < -0.3 is 49.1 Å². The van der Waals surface area contributed by atoms with Gasteiger partial charge in [-0.05, 0) is 18.8 Å². The zero-order valence-corrected chi connectivity index (χ0v) is 20.2. The molecule has 0 saturated carbocycles. The van der Waals surface area contributed by atoms with Gasteiger partial charge >= 0.3 is 11.9 Å². The maximum Gasteiger partial charge on any atom is 0.326 e. The maximum absolute atomic E-state index is 12.9. The first-order valence-corrected chi connectivity index (χ1v) is 11.1. The van der Waals surface area contributed by atoms with Crippen molar-refractivity contribution >= 4 is 41.5 Å². The van der Waals surface area contributed by atoms with Gasteiger partial charge in [-0.1, -0.05) is 20.3 Å². The Morgan fingerprint density at radius 3 is 1.92 bits per heavy atom. The smallest absolute Gasteiger partial charge is 0.326 e. The van der Waals surface area contributed by atoms with Crippen molar-refractivity contribution in [3.8, 4) is 0 Å². The minimum atomic E-state index is -1.66. The van der Waals surface area contributed by atoms with E-state index in [0.29, 0.717) is 6.42 Å². The van der Waals surface area contributed by atoms with Crippen LogP contribution in [0.3, 0.4) is 0 Å². The predicted octanol–water partition coefficient (Wildman–Crippen LogP) is -3.70. The van der Waals surface area contributed by atoms with E-state index < -0.39 is 78.5 Å². The standard InChI is InChI=1S/C20H36N8O8/c1-3-9(2)15(28-16(32)10(21)7-13(22)29)18(34)27-12(8-14(30)31)17(33)26-11(19(35)36)5-4-6-25-20(23)24/h9-12,15H,3-8,21H2,1-2H3,(H2,22,29)(H,26,33)(H,27,34)(H,28,32)(H,30,31)(H,35,36)(H4,23,24,25). The lowest BCUT2D eigenvalue weighted by Gasteiger charge is -2.27. The summed E-state index contributed by atoms with van der Waals surface area (Å²) in [5.41, 5.74) is 21.0. The van der Waals surface area contributed by atoms with E-state index in [2.05, 4.69) is 20.9 Å². The third-order valence-corrected chi connectivity index (χ3v) is 5.12. The number of aliphatic imine (C=N–C) groups is 1. The molecule has 16 heteroatoms. The van der Waals surface area contributed by atoms with Crippen molar-refractivity contribution in [2.45, 2.75) is 70.1 Å². The number of nitrogens with zero attached hydrogens (tertiary/aromatic N) is 1. The highest BCUT2D eigenvalue weighted by molar-refractivity contribution is 5.96. The van der Waals surface area contributed by atoms with Crippen molar-refractivity contribution in [1.82, 2.24) is 16.0 Å². The van der Waals surface area contributed by atoms with E-state index in [1.807, 2.05) is 0 Å². The molecule has 0 saturated heterocycles. The lowest BCUT2D eigenvalue weighted by atomic mass is 9.97. The van der Waals surface area contributed by atoms with Gasteiger partial charge in [0.25, 0.3) is 0 Å². The first kappa shape index (κ1) is 32.0. The van der Waals surface area contributed by atoms with E-state index in [-0.39, 0.29) is 25.3 Å². The average Bonchev–Trinajstić information content (AvgIpc) is 2.76. The number of primary amides is 1. The van der Waals surface area contributed by atoms with Gasteiger partial charge in [0.1, 0.15) is 18.1 Å². The van der Waals surface area contributed by atoms with E-state index >= 15 is 0 Å². The highest BCUT2D eigenvalue weighted by atomic mass is 16.4. The first-order chi connectivity index (χ1) is 16.7. The molecule has 204 valence electrons. The lowest BCUT2D eigenvalue weighted by Crippen LogP contribution is -2.59. The number of carbonyl (C=O) groups excluding carboxylic acids is 4. The van der Waals surface area contributed by atoms with Crippen molar-refractivity contribution in [3.05, 3.63) is 0 Å². The van der Waals surface area contributed by atoms with Crippen LogP contribution >= 0.6 is 0 Å². The molecule has 0 radical (unpaired) electrons. The number of aliphatic carboxylic acids is 2. The number of rotatable bonds is 17. The fourth-order valence-corrected chi connectivity index (χ4v) is 2.95. The summed E-state index contributed by atoms with van der Waals surface area (Å²) in [6, 6.07) is -5.62. The van der Waals surface area contributed by atoms with Crippen LogP contribution in [0.4, 0.5) is 0 Å². The lowest BCUT2D eigenvalue weighted by molar-refractivity contribution is -0.144. The third kappa shape index (κ3) is 12.5. The molecule has 13 N–H and O–H groups in total. The molecule has 16 nitrogen and oxygen atoms in total. The summed E-state index contributed by atoms with van der Waals surface area (Å²) in [5.74, 6) is -7.12. The van der Waals surface area contributed by atoms with Gasteiger partial charge in [-0.25, -0.2) is 4.79 Å². The summed E-state index contributed by atoms with van der Waals surface area (Å²) >= 11 is 0. The van der Waals surface area contributed by atoms with Gasteiger partial charge in [-0.2, -0.15) is 0 Å². The van der Waals surface area contributed by atoms with E-state index in [1.165, 1.54) is 0 Å². The van der Waals surface area contributed by atoms with Crippen LogP contribution in [0, 0.1) is 5.92 Å². The number of hydrogen-bond acceptors (Lipinski definition) is 8. The number of nitrogens with one attached hydrogen (secondary N) is 3. The summed E-state index contributed by atoms with van der Waals surface area (Å²) in [7, 11) is 0. The Labute approximate surface area is 207 Å². The van der Waals surface area contributed by atoms with Crippen molar-refractivity contribution < 1.29 is 39.0 Å². The Kier molecular flexibility index (Phi) is 14.1. The Balaban J connectivity index is 5.54. The second kappa shape index (κ2) is 15.9. The van der Waals surface area contributed by atoms with Crippen LogP contribution in [0.5, 0.6) is 0 Å². The third-order valence-electron chi connectivity index (χ3n) is 5.12. The summed E-state index contributed by atoms with van der Waals surface area (Å²) < 4.78 is 0. The fourth-order valence-electron chi connectivity index (χ4n) is 2.95. The molecule has 5 atom stereocenters. The average molecular weight is 517 g/mol. The van der Waals surface area contributed by atoms with Crippen LogP contribution in [0.15, 0.2) is 4.99 Å². The van der Waals surface area contributed by atoms with Crippen molar-refractivity contribution in [1.29, 1.82) is 0 Å². The Bertz CT molecular complexity index is 846. The van der Waals surface area contributed by atoms with E-state index in [1.54, 1.807) is 13.8 Å². The topological polar surface area (TPSA) is 295 Å². The Morgan fingerprint density at radius 1 is 0.861 bits per heavy atom. The molecule has 0 rings (SSSR count). The molecular formula is C20H36N8O8. The van der Waals surface area contributed by atoms with E-state index in [9.17, 15) is 39.0 Å². The molecule has 0 aliphatic carbocycles. The van der Waals surface area contributed by atoms with E-state index in [0.717, 1.165) is 0 Å². The molecule has 0 spiro atoms. The van der Waals surface area contributed by atoms with Crippen LogP contribution < -0.4 is 38.9 Å². The summed E-state index contributed by atoms with van der Waals surface area (Å²) in [6.45, 7) is 3.45. The highest BCUT2D eigenvalue weighted by Gasteiger charge is 2.33. The minimum Gasteiger partial charge on any atom is -0.481 e. The zero-order valence-electron chi connectivity index (χ0n) is 20.2. The normalized spacial score (nSPS) is 14.8. The second-order valence-electron chi connectivity index (χ2n) is 8.16. The van der Waals surface area contributed by atoms with Gasteiger partial charge in [0, 0.05) is 6.54 Å². The molecule has 0 aliphatic heterocycles. The number of amides is 4. The van der Waals surface area contributed by atoms with Crippen molar-refractivity contribution in [2.24, 2.45) is 33.8 Å². The molecule has 0 aromatic rings. The molecule has 0 bridgehead atoms. The second-order valence-corrected chi connectivity index (χ2v) is 8.16. The van der Waals surface area contributed by atoms with E-state index in [4.69, 9.17) is 22.9 Å². The number of carboxylic acids is 2. The molecule has 0 aromatic carbocycles. The first-order valence-electron chi connectivity index (χ1n) is 11.1. The van der Waals surface area contributed by atoms with Crippen molar-refractivity contribution in [3.63, 3.8) is 0 Å². The summed E-state index contributed by atoms with van der Waals surface area (Å²) in [5, 5.41) is 25.4. The van der Waals surface area contributed by atoms with Crippen LogP contribution in [0.25, 0.3) is 0 Å². The molecule has 4 amide bonds. The summed E-state index contributed by atoms with van der Waals surface area (Å²) in [6.07, 6.45) is -0.811. The maximum atomic E-state index is 12.9. The SMILES string of the molecule is CCC(C)C(NC(=O)C(N)CC(N)=O)C(=O)NC(CC(=O)O)C(=O)NC(CCCN=C(N)N)C(=O)O. The summed E-state index contributed by atoms with van der Waals surface area (Å²) in [4.78, 5) is 75.5. The fraction of sp³-hybridized carbons (Fsp3) is 0.650. The predicted molar refractivity (Wildman–Crippen MR) is 127 cm³/mol. The monoisotopic (exact) mass is 516 g/mol. The molecule has 36 heavy (non-hydrogen) atoms.